The Kier molecular flexibility index (Phi) is 5.12. The second-order valence-electron chi connectivity index (χ2n) is 5.37. The number of nitrogens with zero attached hydrogens (tertiary/aromatic N) is 2. The predicted molar refractivity (Wildman–Crippen MR) is 80.1 cm³/mol. The van der Waals surface area contributed by atoms with Gasteiger partial charge in [-0.2, -0.15) is 0 Å². The molecule has 0 saturated carbocycles. The molecule has 1 N–H and O–H groups in total. The van der Waals surface area contributed by atoms with Gasteiger partial charge in [0.25, 0.3) is 0 Å². The van der Waals surface area contributed by atoms with E-state index in [2.05, 4.69) is 22.1 Å². The first-order valence-electron chi connectivity index (χ1n) is 7.06. The van der Waals surface area contributed by atoms with Crippen molar-refractivity contribution in [2.24, 2.45) is 0 Å². The lowest BCUT2D eigenvalue weighted by Crippen LogP contribution is -2.32. The zero-order valence-corrected chi connectivity index (χ0v) is 13.0. The average Bonchev–Trinajstić information content (AvgIpc) is 2.77. The van der Waals surface area contributed by atoms with E-state index in [1.807, 2.05) is 25.2 Å². The highest BCUT2D eigenvalue weighted by molar-refractivity contribution is 7.91. The van der Waals surface area contributed by atoms with Gasteiger partial charge in [-0.05, 0) is 32.1 Å². The van der Waals surface area contributed by atoms with Gasteiger partial charge in [-0.15, -0.1) is 0 Å². The first kappa shape index (κ1) is 15.4. The Hall–Kier alpha value is -0.980. The summed E-state index contributed by atoms with van der Waals surface area (Å²) in [6.45, 7) is 4.45. The van der Waals surface area contributed by atoms with Crippen LogP contribution in [0.2, 0.25) is 0 Å². The molecule has 0 spiro atoms. The van der Waals surface area contributed by atoms with Crippen LogP contribution in [0.25, 0.3) is 0 Å². The summed E-state index contributed by atoms with van der Waals surface area (Å²) in [6.07, 6.45) is 0.732. The highest BCUT2D eigenvalue weighted by Crippen LogP contribution is 2.18. The molecule has 5 nitrogen and oxygen atoms in total. The summed E-state index contributed by atoms with van der Waals surface area (Å²) < 4.78 is 23.0. The number of sulfone groups is 1. The van der Waals surface area contributed by atoms with Crippen molar-refractivity contribution in [2.75, 3.05) is 25.1 Å². The van der Waals surface area contributed by atoms with Gasteiger partial charge in [-0.25, -0.2) is 8.42 Å². The molecule has 2 rings (SSSR count). The summed E-state index contributed by atoms with van der Waals surface area (Å²) in [6, 6.07) is 6.13. The van der Waals surface area contributed by atoms with E-state index in [0.717, 1.165) is 30.9 Å². The minimum atomic E-state index is -2.83. The standard InChI is InChI=1S/C14H23N3O2S/c1-3-15-9-12-5-4-6-13(16-12)10-17(2)14-7-8-20(18,19)11-14/h4-6,14-15H,3,7-11H2,1-2H3. The third-order valence-electron chi connectivity index (χ3n) is 3.66. The van der Waals surface area contributed by atoms with Gasteiger partial charge in [0.2, 0.25) is 0 Å². The highest BCUT2D eigenvalue weighted by atomic mass is 32.2. The first-order chi connectivity index (χ1) is 9.50. The molecule has 6 heteroatoms. The molecule has 1 saturated heterocycles. The van der Waals surface area contributed by atoms with Crippen LogP contribution in [0.4, 0.5) is 0 Å². The molecule has 0 aromatic carbocycles. The van der Waals surface area contributed by atoms with Crippen molar-refractivity contribution in [3.8, 4) is 0 Å². The van der Waals surface area contributed by atoms with Crippen LogP contribution < -0.4 is 5.32 Å². The van der Waals surface area contributed by atoms with Crippen LogP contribution in [0.15, 0.2) is 18.2 Å². The molecule has 1 aliphatic heterocycles. The Bertz CT molecular complexity index is 545. The number of hydrogen-bond donors (Lipinski definition) is 1. The van der Waals surface area contributed by atoms with Gasteiger partial charge in [0, 0.05) is 19.1 Å². The largest absolute Gasteiger partial charge is 0.311 e. The lowest BCUT2D eigenvalue weighted by Gasteiger charge is -2.22. The van der Waals surface area contributed by atoms with Crippen molar-refractivity contribution in [3.05, 3.63) is 29.6 Å². The van der Waals surface area contributed by atoms with E-state index in [4.69, 9.17) is 0 Å². The van der Waals surface area contributed by atoms with Crippen molar-refractivity contribution < 1.29 is 8.42 Å². The molecule has 1 aromatic rings. The maximum Gasteiger partial charge on any atom is 0.151 e. The van der Waals surface area contributed by atoms with Crippen molar-refractivity contribution in [1.29, 1.82) is 0 Å². The van der Waals surface area contributed by atoms with E-state index in [0.29, 0.717) is 12.3 Å². The topological polar surface area (TPSA) is 62.3 Å². The van der Waals surface area contributed by atoms with Crippen LogP contribution in [0.5, 0.6) is 0 Å². The Morgan fingerprint density at radius 3 is 2.80 bits per heavy atom. The summed E-state index contributed by atoms with van der Waals surface area (Å²) in [5.41, 5.74) is 2.02. The highest BCUT2D eigenvalue weighted by Gasteiger charge is 2.30. The second-order valence-corrected chi connectivity index (χ2v) is 7.60. The molecule has 112 valence electrons. The molecule has 2 heterocycles. The third kappa shape index (κ3) is 4.26. The Balaban J connectivity index is 1.95. The normalized spacial score (nSPS) is 21.4. The van der Waals surface area contributed by atoms with Crippen LogP contribution in [0.1, 0.15) is 24.7 Å². The van der Waals surface area contributed by atoms with Crippen molar-refractivity contribution >= 4 is 9.84 Å². The summed E-state index contributed by atoms with van der Waals surface area (Å²) in [5, 5.41) is 3.26. The van der Waals surface area contributed by atoms with E-state index in [-0.39, 0.29) is 11.8 Å². The van der Waals surface area contributed by atoms with Gasteiger partial charge in [-0.1, -0.05) is 13.0 Å². The molecule has 0 bridgehead atoms. The fourth-order valence-corrected chi connectivity index (χ4v) is 4.28. The number of pyridine rings is 1. The summed E-state index contributed by atoms with van der Waals surface area (Å²) in [4.78, 5) is 6.71. The number of hydrogen-bond acceptors (Lipinski definition) is 5. The van der Waals surface area contributed by atoms with Gasteiger partial charge >= 0.3 is 0 Å². The smallest absolute Gasteiger partial charge is 0.151 e. The summed E-state index contributed by atoms with van der Waals surface area (Å²) >= 11 is 0. The van der Waals surface area contributed by atoms with Crippen molar-refractivity contribution in [2.45, 2.75) is 32.5 Å². The zero-order chi connectivity index (χ0) is 14.6. The quantitative estimate of drug-likeness (QED) is 0.842. The SMILES string of the molecule is CCNCc1cccc(CN(C)C2CCS(=O)(=O)C2)n1. The molecule has 1 aliphatic rings. The minimum absolute atomic E-state index is 0.124. The number of aromatic nitrogens is 1. The second kappa shape index (κ2) is 6.65. The fourth-order valence-electron chi connectivity index (χ4n) is 2.48. The van der Waals surface area contributed by atoms with Gasteiger partial charge in [-0.3, -0.25) is 9.88 Å². The maximum atomic E-state index is 11.5. The van der Waals surface area contributed by atoms with Gasteiger partial charge in [0.1, 0.15) is 0 Å². The Morgan fingerprint density at radius 2 is 2.15 bits per heavy atom. The van der Waals surface area contributed by atoms with E-state index in [1.54, 1.807) is 0 Å². The molecular weight excluding hydrogens is 274 g/mol. The molecule has 1 atom stereocenters. The monoisotopic (exact) mass is 297 g/mol. The lowest BCUT2D eigenvalue weighted by atomic mass is 10.2. The van der Waals surface area contributed by atoms with E-state index in [9.17, 15) is 8.42 Å². The molecular formula is C14H23N3O2S. The van der Waals surface area contributed by atoms with E-state index in [1.165, 1.54) is 0 Å². The fraction of sp³-hybridized carbons (Fsp3) is 0.643. The molecule has 20 heavy (non-hydrogen) atoms. The number of nitrogens with one attached hydrogen (secondary N) is 1. The maximum absolute atomic E-state index is 11.5. The molecule has 1 aromatic heterocycles. The van der Waals surface area contributed by atoms with Gasteiger partial charge in [0.05, 0.1) is 22.9 Å². The Morgan fingerprint density at radius 1 is 1.40 bits per heavy atom. The lowest BCUT2D eigenvalue weighted by molar-refractivity contribution is 0.251. The molecule has 1 fully saturated rings. The van der Waals surface area contributed by atoms with Gasteiger partial charge in [0.15, 0.2) is 9.84 Å². The average molecular weight is 297 g/mol. The van der Waals surface area contributed by atoms with E-state index >= 15 is 0 Å². The molecule has 0 radical (unpaired) electrons. The van der Waals surface area contributed by atoms with Crippen LogP contribution in [-0.4, -0.2) is 49.4 Å². The molecule has 1 unspecified atom stereocenters. The molecule has 0 amide bonds. The van der Waals surface area contributed by atoms with E-state index < -0.39 is 9.84 Å². The Labute approximate surface area is 121 Å². The van der Waals surface area contributed by atoms with Crippen LogP contribution in [0, 0.1) is 0 Å². The van der Waals surface area contributed by atoms with Crippen LogP contribution in [0.3, 0.4) is 0 Å². The van der Waals surface area contributed by atoms with Crippen molar-refractivity contribution in [3.63, 3.8) is 0 Å². The van der Waals surface area contributed by atoms with Crippen LogP contribution in [-0.2, 0) is 22.9 Å². The van der Waals surface area contributed by atoms with Crippen molar-refractivity contribution in [1.82, 2.24) is 15.2 Å². The van der Waals surface area contributed by atoms with Gasteiger partial charge < -0.3 is 5.32 Å². The first-order valence-corrected chi connectivity index (χ1v) is 8.88. The number of rotatable bonds is 6. The zero-order valence-electron chi connectivity index (χ0n) is 12.2. The summed E-state index contributed by atoms with van der Waals surface area (Å²) in [5.74, 6) is 0.594. The molecule has 0 aliphatic carbocycles. The third-order valence-corrected chi connectivity index (χ3v) is 5.41. The van der Waals surface area contributed by atoms with Crippen LogP contribution >= 0.6 is 0 Å². The summed E-state index contributed by atoms with van der Waals surface area (Å²) in [7, 11) is -0.849. The minimum Gasteiger partial charge on any atom is -0.311 e. The predicted octanol–water partition coefficient (Wildman–Crippen LogP) is 0.810.